The lowest BCUT2D eigenvalue weighted by molar-refractivity contribution is 0.466. The van der Waals surface area contributed by atoms with Crippen LogP contribution in [0.25, 0.3) is 11.1 Å². The van der Waals surface area contributed by atoms with Crippen LogP contribution in [0, 0.1) is 6.92 Å². The van der Waals surface area contributed by atoms with Gasteiger partial charge in [0.15, 0.2) is 11.5 Å². The molecule has 0 unspecified atom stereocenters. The van der Waals surface area contributed by atoms with E-state index >= 15 is 0 Å². The average molecular weight is 316 g/mol. The van der Waals surface area contributed by atoms with Crippen molar-refractivity contribution in [2.45, 2.75) is 18.4 Å². The van der Waals surface area contributed by atoms with Gasteiger partial charge in [-0.15, -0.1) is 0 Å². The second kappa shape index (κ2) is 5.55. The molecule has 6 heteroatoms. The monoisotopic (exact) mass is 316 g/mol. The number of aryl methyl sites for hydroxylation is 1. The Morgan fingerprint density at radius 3 is 2.59 bits per heavy atom. The Labute approximate surface area is 129 Å². The highest BCUT2D eigenvalue weighted by Crippen LogP contribution is 2.22. The predicted octanol–water partition coefficient (Wildman–Crippen LogP) is 2.96. The van der Waals surface area contributed by atoms with Gasteiger partial charge in [0.1, 0.15) is 5.52 Å². The van der Waals surface area contributed by atoms with Crippen LogP contribution in [0.15, 0.2) is 57.8 Å². The molecular formula is C16H16N2O3S. The lowest BCUT2D eigenvalue weighted by Crippen LogP contribution is -2.26. The molecule has 3 rings (SSSR count). The van der Waals surface area contributed by atoms with Crippen LogP contribution in [0.3, 0.4) is 0 Å². The Hall–Kier alpha value is -2.18. The highest BCUT2D eigenvalue weighted by atomic mass is 32.2. The summed E-state index contributed by atoms with van der Waals surface area (Å²) in [6.45, 7) is 2.05. The summed E-state index contributed by atoms with van der Waals surface area (Å²) < 4.78 is 32.0. The largest absolute Gasteiger partial charge is 0.441 e. The number of sulfonamides is 1. The summed E-state index contributed by atoms with van der Waals surface area (Å²) in [5, 5.41) is 0. The van der Waals surface area contributed by atoms with Crippen LogP contribution in [-0.2, 0) is 16.6 Å². The second-order valence-electron chi connectivity index (χ2n) is 5.11. The zero-order chi connectivity index (χ0) is 15.7. The Kier molecular flexibility index (Phi) is 3.72. The summed E-state index contributed by atoms with van der Waals surface area (Å²) in [4.78, 5) is 4.38. The maximum Gasteiger partial charge on any atom is 0.243 e. The first-order valence-electron chi connectivity index (χ1n) is 6.84. The molecule has 5 nitrogen and oxygen atoms in total. The Balaban J connectivity index is 1.93. The van der Waals surface area contributed by atoms with Crippen LogP contribution in [0.5, 0.6) is 0 Å². The maximum absolute atomic E-state index is 12.7. The molecule has 114 valence electrons. The number of nitrogens with zero attached hydrogens (tertiary/aromatic N) is 2. The first kappa shape index (κ1) is 14.7. The number of aromatic nitrogens is 1. The highest BCUT2D eigenvalue weighted by molar-refractivity contribution is 7.89. The zero-order valence-corrected chi connectivity index (χ0v) is 13.2. The van der Waals surface area contributed by atoms with Crippen molar-refractivity contribution in [3.63, 3.8) is 0 Å². The van der Waals surface area contributed by atoms with E-state index in [1.807, 2.05) is 30.3 Å². The molecule has 0 N–H and O–H groups in total. The van der Waals surface area contributed by atoms with Gasteiger partial charge in [0, 0.05) is 26.6 Å². The van der Waals surface area contributed by atoms with E-state index in [1.54, 1.807) is 26.1 Å². The summed E-state index contributed by atoms with van der Waals surface area (Å²) >= 11 is 0. The van der Waals surface area contributed by atoms with Crippen molar-refractivity contribution in [2.24, 2.45) is 0 Å². The van der Waals surface area contributed by atoms with E-state index in [-0.39, 0.29) is 4.90 Å². The number of hydrogen-bond donors (Lipinski definition) is 0. The number of benzene rings is 2. The van der Waals surface area contributed by atoms with E-state index in [1.165, 1.54) is 10.4 Å². The van der Waals surface area contributed by atoms with Crippen molar-refractivity contribution < 1.29 is 12.8 Å². The minimum Gasteiger partial charge on any atom is -0.441 e. The van der Waals surface area contributed by atoms with Crippen LogP contribution < -0.4 is 0 Å². The molecule has 1 heterocycles. The minimum atomic E-state index is -3.57. The number of oxazole rings is 1. The van der Waals surface area contributed by atoms with E-state index in [9.17, 15) is 8.42 Å². The SMILES string of the molecule is Cc1nc2ccc(S(=O)(=O)N(C)Cc3ccccc3)cc2o1. The fraction of sp³-hybridized carbons (Fsp3) is 0.188. The molecule has 0 saturated heterocycles. The minimum absolute atomic E-state index is 0.203. The zero-order valence-electron chi connectivity index (χ0n) is 12.4. The van der Waals surface area contributed by atoms with Gasteiger partial charge in [-0.3, -0.25) is 0 Å². The van der Waals surface area contributed by atoms with Gasteiger partial charge in [0.2, 0.25) is 10.0 Å². The molecular weight excluding hydrogens is 300 g/mol. The third kappa shape index (κ3) is 2.75. The molecule has 0 amide bonds. The van der Waals surface area contributed by atoms with Gasteiger partial charge in [-0.1, -0.05) is 30.3 Å². The van der Waals surface area contributed by atoms with Gasteiger partial charge in [-0.2, -0.15) is 4.31 Å². The van der Waals surface area contributed by atoms with E-state index in [4.69, 9.17) is 4.42 Å². The Morgan fingerprint density at radius 1 is 1.14 bits per heavy atom. The molecule has 0 aliphatic heterocycles. The lowest BCUT2D eigenvalue weighted by Gasteiger charge is -2.17. The van der Waals surface area contributed by atoms with Gasteiger partial charge in [-0.05, 0) is 17.7 Å². The van der Waals surface area contributed by atoms with Crippen LogP contribution in [0.4, 0.5) is 0 Å². The molecule has 1 aromatic heterocycles. The lowest BCUT2D eigenvalue weighted by atomic mass is 10.2. The first-order valence-corrected chi connectivity index (χ1v) is 8.28. The smallest absolute Gasteiger partial charge is 0.243 e. The van der Waals surface area contributed by atoms with Crippen LogP contribution >= 0.6 is 0 Å². The standard InChI is InChI=1S/C16H16N2O3S/c1-12-17-15-9-8-14(10-16(15)21-12)22(19,20)18(2)11-13-6-4-3-5-7-13/h3-10H,11H2,1-2H3. The van der Waals surface area contributed by atoms with Gasteiger partial charge < -0.3 is 4.42 Å². The topological polar surface area (TPSA) is 63.4 Å². The molecule has 0 radical (unpaired) electrons. The van der Waals surface area contributed by atoms with Gasteiger partial charge in [0.05, 0.1) is 4.90 Å². The molecule has 0 atom stereocenters. The molecule has 0 bridgehead atoms. The van der Waals surface area contributed by atoms with Crippen LogP contribution in [0.1, 0.15) is 11.5 Å². The van der Waals surface area contributed by atoms with E-state index in [2.05, 4.69) is 4.98 Å². The quantitative estimate of drug-likeness (QED) is 0.742. The molecule has 0 spiro atoms. The fourth-order valence-electron chi connectivity index (χ4n) is 2.29. The number of fused-ring (bicyclic) bond motifs is 1. The molecule has 0 aliphatic rings. The van der Waals surface area contributed by atoms with Crippen molar-refractivity contribution in [2.75, 3.05) is 7.05 Å². The second-order valence-corrected chi connectivity index (χ2v) is 7.15. The van der Waals surface area contributed by atoms with Gasteiger partial charge in [-0.25, -0.2) is 13.4 Å². The van der Waals surface area contributed by atoms with Crippen LogP contribution in [0.2, 0.25) is 0 Å². The van der Waals surface area contributed by atoms with Crippen molar-refractivity contribution >= 4 is 21.1 Å². The summed E-state index contributed by atoms with van der Waals surface area (Å²) in [5.74, 6) is 0.516. The summed E-state index contributed by atoms with van der Waals surface area (Å²) in [7, 11) is -2.01. The molecule has 2 aromatic carbocycles. The summed E-state index contributed by atoms with van der Waals surface area (Å²) in [5.41, 5.74) is 2.07. The summed E-state index contributed by atoms with van der Waals surface area (Å²) in [6, 6.07) is 14.2. The van der Waals surface area contributed by atoms with Gasteiger partial charge in [0.25, 0.3) is 0 Å². The van der Waals surface area contributed by atoms with Crippen molar-refractivity contribution in [1.29, 1.82) is 0 Å². The number of rotatable bonds is 4. The third-order valence-corrected chi connectivity index (χ3v) is 5.22. The van der Waals surface area contributed by atoms with E-state index in [0.29, 0.717) is 23.5 Å². The van der Waals surface area contributed by atoms with Crippen molar-refractivity contribution in [1.82, 2.24) is 9.29 Å². The Bertz CT molecular complexity index is 902. The molecule has 22 heavy (non-hydrogen) atoms. The average Bonchev–Trinajstić information content (AvgIpc) is 2.87. The maximum atomic E-state index is 12.7. The van der Waals surface area contributed by atoms with E-state index in [0.717, 1.165) is 5.56 Å². The molecule has 0 aliphatic carbocycles. The molecule has 0 saturated carbocycles. The van der Waals surface area contributed by atoms with Crippen molar-refractivity contribution in [3.8, 4) is 0 Å². The third-order valence-electron chi connectivity index (χ3n) is 3.42. The predicted molar refractivity (Wildman–Crippen MR) is 83.8 cm³/mol. The summed E-state index contributed by atoms with van der Waals surface area (Å²) in [6.07, 6.45) is 0. The molecule has 0 fully saturated rings. The Morgan fingerprint density at radius 2 is 1.86 bits per heavy atom. The number of hydrogen-bond acceptors (Lipinski definition) is 4. The first-order chi connectivity index (χ1) is 10.5. The molecule has 3 aromatic rings. The van der Waals surface area contributed by atoms with E-state index < -0.39 is 10.0 Å². The van der Waals surface area contributed by atoms with Crippen LogP contribution in [-0.4, -0.2) is 24.8 Å². The van der Waals surface area contributed by atoms with Crippen molar-refractivity contribution in [3.05, 3.63) is 60.0 Å². The highest BCUT2D eigenvalue weighted by Gasteiger charge is 2.22. The fourth-order valence-corrected chi connectivity index (χ4v) is 3.46. The normalized spacial score (nSPS) is 12.1. The van der Waals surface area contributed by atoms with Gasteiger partial charge >= 0.3 is 0 Å².